The van der Waals surface area contributed by atoms with Gasteiger partial charge in [-0.05, 0) is 44.4 Å². The van der Waals surface area contributed by atoms with Crippen LogP contribution in [0, 0.1) is 0 Å². The molecule has 0 amide bonds. The van der Waals surface area contributed by atoms with Crippen molar-refractivity contribution in [3.8, 4) is 0 Å². The largest absolute Gasteiger partial charge is 0.375 e. The average Bonchev–Trinajstić information content (AvgIpc) is 3.24. The third-order valence-electron chi connectivity index (χ3n) is 4.13. The normalized spacial score (nSPS) is 26.9. The van der Waals surface area contributed by atoms with E-state index < -0.39 is 0 Å². The first-order valence-electron chi connectivity index (χ1n) is 7.53. The standard InChI is InChI=1S/C16H23BrN2O/c1-11-10-20-12(2)9-19(11)15-6-3-13(16(17)7-15)8-18-14-4-5-14/h3,6-7,11-12,14,18H,4-5,8-10H2,1-2H3. The molecule has 1 aliphatic carbocycles. The van der Waals surface area contributed by atoms with Crippen molar-refractivity contribution in [1.82, 2.24) is 5.32 Å². The number of halogens is 1. The Kier molecular flexibility index (Phi) is 4.34. The molecule has 2 atom stereocenters. The summed E-state index contributed by atoms with van der Waals surface area (Å²) in [5, 5.41) is 3.56. The monoisotopic (exact) mass is 338 g/mol. The van der Waals surface area contributed by atoms with Gasteiger partial charge in [0.15, 0.2) is 0 Å². The number of rotatable bonds is 4. The Morgan fingerprint density at radius 2 is 2.15 bits per heavy atom. The van der Waals surface area contributed by atoms with Gasteiger partial charge in [0.05, 0.1) is 12.7 Å². The third kappa shape index (κ3) is 3.35. The van der Waals surface area contributed by atoms with Gasteiger partial charge in [-0.15, -0.1) is 0 Å². The van der Waals surface area contributed by atoms with Crippen molar-refractivity contribution in [3.63, 3.8) is 0 Å². The zero-order valence-electron chi connectivity index (χ0n) is 12.2. The fourth-order valence-electron chi connectivity index (χ4n) is 2.66. The number of hydrogen-bond acceptors (Lipinski definition) is 3. The van der Waals surface area contributed by atoms with Gasteiger partial charge in [-0.25, -0.2) is 0 Å². The summed E-state index contributed by atoms with van der Waals surface area (Å²) in [6.07, 6.45) is 2.97. The zero-order valence-corrected chi connectivity index (χ0v) is 13.8. The average molecular weight is 339 g/mol. The van der Waals surface area contributed by atoms with Crippen LogP contribution >= 0.6 is 15.9 Å². The second-order valence-corrected chi connectivity index (χ2v) is 6.93. The molecule has 4 heteroatoms. The molecule has 110 valence electrons. The van der Waals surface area contributed by atoms with Gasteiger partial charge in [0, 0.05) is 35.3 Å². The van der Waals surface area contributed by atoms with Gasteiger partial charge in [-0.2, -0.15) is 0 Å². The van der Waals surface area contributed by atoms with Crippen molar-refractivity contribution in [2.75, 3.05) is 18.1 Å². The molecule has 1 N–H and O–H groups in total. The van der Waals surface area contributed by atoms with E-state index in [1.54, 1.807) is 0 Å². The lowest BCUT2D eigenvalue weighted by Gasteiger charge is -2.38. The first kappa shape index (κ1) is 14.4. The quantitative estimate of drug-likeness (QED) is 0.911. The Hall–Kier alpha value is -0.580. The molecule has 1 aliphatic heterocycles. The van der Waals surface area contributed by atoms with E-state index in [1.807, 2.05) is 0 Å². The van der Waals surface area contributed by atoms with Crippen molar-refractivity contribution in [1.29, 1.82) is 0 Å². The molecule has 1 heterocycles. The Morgan fingerprint density at radius 3 is 2.85 bits per heavy atom. The lowest BCUT2D eigenvalue weighted by molar-refractivity contribution is 0.0344. The minimum atomic E-state index is 0.307. The topological polar surface area (TPSA) is 24.5 Å². The van der Waals surface area contributed by atoms with Gasteiger partial charge >= 0.3 is 0 Å². The number of anilines is 1. The lowest BCUT2D eigenvalue weighted by atomic mass is 10.1. The number of morpholine rings is 1. The maximum absolute atomic E-state index is 5.70. The maximum atomic E-state index is 5.70. The molecule has 20 heavy (non-hydrogen) atoms. The number of hydrogen-bond donors (Lipinski definition) is 1. The summed E-state index contributed by atoms with van der Waals surface area (Å²) in [4.78, 5) is 2.44. The van der Waals surface area contributed by atoms with E-state index in [4.69, 9.17) is 4.74 Å². The molecule has 3 nitrogen and oxygen atoms in total. The van der Waals surface area contributed by atoms with Crippen LogP contribution in [0.2, 0.25) is 0 Å². The summed E-state index contributed by atoms with van der Waals surface area (Å²) in [6, 6.07) is 7.92. The molecule has 0 aromatic heterocycles. The van der Waals surface area contributed by atoms with Crippen LogP contribution in [0.15, 0.2) is 22.7 Å². The summed E-state index contributed by atoms with van der Waals surface area (Å²) in [5.74, 6) is 0. The van der Waals surface area contributed by atoms with Crippen LogP contribution in [0.3, 0.4) is 0 Å². The van der Waals surface area contributed by atoms with Crippen molar-refractivity contribution in [2.24, 2.45) is 0 Å². The second-order valence-electron chi connectivity index (χ2n) is 6.08. The second kappa shape index (κ2) is 6.04. The molecule has 0 radical (unpaired) electrons. The van der Waals surface area contributed by atoms with E-state index in [1.165, 1.54) is 28.6 Å². The highest BCUT2D eigenvalue weighted by molar-refractivity contribution is 9.10. The number of nitrogens with one attached hydrogen (secondary N) is 1. The minimum Gasteiger partial charge on any atom is -0.375 e. The van der Waals surface area contributed by atoms with Crippen LogP contribution in [0.4, 0.5) is 5.69 Å². The van der Waals surface area contributed by atoms with Gasteiger partial charge in [0.2, 0.25) is 0 Å². The first-order valence-corrected chi connectivity index (χ1v) is 8.33. The molecular weight excluding hydrogens is 316 g/mol. The molecule has 1 saturated heterocycles. The molecule has 2 fully saturated rings. The molecule has 1 aromatic rings. The van der Waals surface area contributed by atoms with Crippen molar-refractivity contribution in [3.05, 3.63) is 28.2 Å². The van der Waals surface area contributed by atoms with E-state index >= 15 is 0 Å². The predicted molar refractivity (Wildman–Crippen MR) is 86.2 cm³/mol. The van der Waals surface area contributed by atoms with Crippen LogP contribution < -0.4 is 10.2 Å². The van der Waals surface area contributed by atoms with Gasteiger partial charge in [0.25, 0.3) is 0 Å². The molecule has 1 aromatic carbocycles. The number of ether oxygens (including phenoxy) is 1. The Balaban J connectivity index is 1.71. The number of nitrogens with zero attached hydrogens (tertiary/aromatic N) is 1. The van der Waals surface area contributed by atoms with Crippen molar-refractivity contribution < 1.29 is 4.74 Å². The minimum absolute atomic E-state index is 0.307. The lowest BCUT2D eigenvalue weighted by Crippen LogP contribution is -2.47. The van der Waals surface area contributed by atoms with Gasteiger partial charge < -0.3 is 15.0 Å². The Bertz CT molecular complexity index is 476. The Morgan fingerprint density at radius 1 is 1.35 bits per heavy atom. The van der Waals surface area contributed by atoms with Gasteiger partial charge in [-0.3, -0.25) is 0 Å². The highest BCUT2D eigenvalue weighted by Crippen LogP contribution is 2.28. The van der Waals surface area contributed by atoms with Crippen LogP contribution in [0.5, 0.6) is 0 Å². The van der Waals surface area contributed by atoms with E-state index in [0.717, 1.165) is 25.7 Å². The van der Waals surface area contributed by atoms with Gasteiger partial charge in [-0.1, -0.05) is 22.0 Å². The van der Waals surface area contributed by atoms with Crippen LogP contribution in [-0.2, 0) is 11.3 Å². The summed E-state index contributed by atoms with van der Waals surface area (Å²) < 4.78 is 6.91. The van der Waals surface area contributed by atoms with Crippen molar-refractivity contribution >= 4 is 21.6 Å². The summed E-state index contributed by atoms with van der Waals surface area (Å²) in [6.45, 7) is 7.10. The highest BCUT2D eigenvalue weighted by Gasteiger charge is 2.24. The van der Waals surface area contributed by atoms with Gasteiger partial charge in [0.1, 0.15) is 0 Å². The van der Waals surface area contributed by atoms with E-state index in [-0.39, 0.29) is 0 Å². The van der Waals surface area contributed by atoms with E-state index in [9.17, 15) is 0 Å². The summed E-state index contributed by atoms with van der Waals surface area (Å²) in [7, 11) is 0. The van der Waals surface area contributed by atoms with Crippen molar-refractivity contribution in [2.45, 2.75) is 51.4 Å². The van der Waals surface area contributed by atoms with Crippen LogP contribution in [0.1, 0.15) is 32.3 Å². The fraction of sp³-hybridized carbons (Fsp3) is 0.625. The molecule has 2 aliphatic rings. The fourth-order valence-corrected chi connectivity index (χ4v) is 3.17. The molecular formula is C16H23BrN2O. The SMILES string of the molecule is CC1CN(c2ccc(CNC3CC3)c(Br)c2)C(C)CO1. The summed E-state index contributed by atoms with van der Waals surface area (Å²) >= 11 is 3.72. The highest BCUT2D eigenvalue weighted by atomic mass is 79.9. The molecule has 0 spiro atoms. The van der Waals surface area contributed by atoms with E-state index in [2.05, 4.69) is 58.2 Å². The smallest absolute Gasteiger partial charge is 0.0723 e. The number of benzene rings is 1. The first-order chi connectivity index (χ1) is 9.63. The molecule has 0 bridgehead atoms. The maximum Gasteiger partial charge on any atom is 0.0723 e. The predicted octanol–water partition coefficient (Wildman–Crippen LogP) is 3.31. The molecule has 1 saturated carbocycles. The van der Waals surface area contributed by atoms with E-state index in [0.29, 0.717) is 12.1 Å². The third-order valence-corrected chi connectivity index (χ3v) is 4.87. The Labute approximate surface area is 129 Å². The zero-order chi connectivity index (χ0) is 14.1. The molecule has 3 rings (SSSR count). The van der Waals surface area contributed by atoms with Crippen LogP contribution in [-0.4, -0.2) is 31.3 Å². The summed E-state index contributed by atoms with van der Waals surface area (Å²) in [5.41, 5.74) is 2.63. The molecule has 2 unspecified atom stereocenters. The van der Waals surface area contributed by atoms with Crippen LogP contribution in [0.25, 0.3) is 0 Å².